The minimum atomic E-state index is -4.45. The second-order valence-corrected chi connectivity index (χ2v) is 9.46. The zero-order valence-corrected chi connectivity index (χ0v) is 22.9. The zero-order chi connectivity index (χ0) is 29.2. The fourth-order valence-electron chi connectivity index (χ4n) is 5.28. The van der Waals surface area contributed by atoms with E-state index in [0.29, 0.717) is 46.9 Å². The lowest BCUT2D eigenvalue weighted by Crippen LogP contribution is -2.40. The van der Waals surface area contributed by atoms with Crippen LogP contribution in [0.5, 0.6) is 17.2 Å². The van der Waals surface area contributed by atoms with Crippen molar-refractivity contribution in [2.45, 2.75) is 38.6 Å². The summed E-state index contributed by atoms with van der Waals surface area (Å²) in [6.45, 7) is 4.34. The summed E-state index contributed by atoms with van der Waals surface area (Å²) in [4.78, 5) is 14.6. The lowest BCUT2D eigenvalue weighted by Gasteiger charge is -2.40. The summed E-state index contributed by atoms with van der Waals surface area (Å²) < 4.78 is 68.7. The molecule has 0 amide bonds. The van der Waals surface area contributed by atoms with Gasteiger partial charge in [0.1, 0.15) is 12.7 Å². The quantitative estimate of drug-likeness (QED) is 0.387. The molecule has 11 heteroatoms. The maximum atomic E-state index is 13.3. The molecule has 0 fully saturated rings. The van der Waals surface area contributed by atoms with Crippen LogP contribution in [0.3, 0.4) is 0 Å². The summed E-state index contributed by atoms with van der Waals surface area (Å²) in [6.07, 6.45) is -1.25. The summed E-state index contributed by atoms with van der Waals surface area (Å²) in [5.74, 6) is 0.868. The third-order valence-electron chi connectivity index (χ3n) is 7.31. The van der Waals surface area contributed by atoms with Crippen molar-refractivity contribution < 1.29 is 46.8 Å². The van der Waals surface area contributed by atoms with Crippen molar-refractivity contribution in [2.24, 2.45) is 0 Å². The number of rotatable bonds is 6. The molecule has 216 valence electrons. The van der Waals surface area contributed by atoms with Gasteiger partial charge in [-0.3, -0.25) is 4.90 Å². The van der Waals surface area contributed by atoms with Gasteiger partial charge in [0, 0.05) is 30.4 Å². The molecule has 0 saturated heterocycles. The molecular weight excluding hydrogens is 531 g/mol. The number of benzene rings is 2. The number of hydrogen-bond acceptors (Lipinski definition) is 8. The fourth-order valence-corrected chi connectivity index (χ4v) is 5.28. The predicted octanol–water partition coefficient (Wildman–Crippen LogP) is 5.04. The average molecular weight is 564 g/mol. The Balaban J connectivity index is 0.00000181. The predicted molar refractivity (Wildman–Crippen MR) is 140 cm³/mol. The first kappa shape index (κ1) is 29.3. The number of aliphatic hydroxyl groups is 1. The first-order valence-electron chi connectivity index (χ1n) is 12.6. The van der Waals surface area contributed by atoms with Crippen molar-refractivity contribution in [3.05, 3.63) is 64.4 Å². The molecular formula is C29H32F3NO7. The first-order valence-corrected chi connectivity index (χ1v) is 12.6. The number of likely N-dealkylation sites (N-methyl/N-ethyl adjacent to an activating group) is 1. The van der Waals surface area contributed by atoms with Crippen molar-refractivity contribution >= 4 is 5.97 Å². The standard InChI is InChI=1S/C28H28F3NO6.CH4O/c1-15-16(2)27(33)38-23(15)22-21-19(10-11-32(22)3)20(17-6-8-18(9-7-17)28(29,30)31)24-26(37-14-36-24)25(21)35-13-5-12-34-4;1-2/h5-9,12,22-23H,10-11,13-14H2,1-4H3;2H,1H3/b12-5+;. The van der Waals surface area contributed by atoms with Gasteiger partial charge < -0.3 is 28.8 Å². The number of methoxy groups -OCH3 is 1. The number of carbonyl (C=O) groups is 1. The van der Waals surface area contributed by atoms with E-state index >= 15 is 0 Å². The summed E-state index contributed by atoms with van der Waals surface area (Å²) in [5.41, 5.74) is 3.48. The van der Waals surface area contributed by atoms with Gasteiger partial charge in [-0.15, -0.1) is 0 Å². The van der Waals surface area contributed by atoms with Crippen LogP contribution in [-0.2, 0) is 26.9 Å². The number of nitrogens with zero attached hydrogens (tertiary/aromatic N) is 1. The van der Waals surface area contributed by atoms with E-state index in [4.69, 9.17) is 28.8 Å². The molecule has 2 atom stereocenters. The number of carbonyl (C=O) groups excluding carboxylic acids is 1. The molecule has 5 rings (SSSR count). The van der Waals surface area contributed by atoms with E-state index in [9.17, 15) is 18.0 Å². The van der Waals surface area contributed by atoms with E-state index < -0.39 is 23.9 Å². The topological polar surface area (TPSA) is 86.7 Å². The Bertz CT molecular complexity index is 1320. The average Bonchev–Trinajstić information content (AvgIpc) is 3.52. The van der Waals surface area contributed by atoms with Gasteiger partial charge in [0.05, 0.1) is 25.0 Å². The third kappa shape index (κ3) is 5.23. The van der Waals surface area contributed by atoms with Crippen LogP contribution < -0.4 is 14.2 Å². The fraction of sp³-hybridized carbons (Fsp3) is 0.414. The number of esters is 1. The van der Waals surface area contributed by atoms with Gasteiger partial charge in [-0.25, -0.2) is 4.79 Å². The molecule has 3 heterocycles. The van der Waals surface area contributed by atoms with Crippen LogP contribution in [-0.4, -0.2) is 63.3 Å². The van der Waals surface area contributed by atoms with E-state index in [1.807, 2.05) is 14.0 Å². The van der Waals surface area contributed by atoms with Crippen LogP contribution >= 0.6 is 0 Å². The Morgan fingerprint density at radius 3 is 2.40 bits per heavy atom. The SMILES string of the molecule is CO.CO/C=C/COc1c2c(c(-c3ccc(C(F)(F)F)cc3)c3c1C(C1OC(=O)C(C)=C1C)N(C)CC3)OCO2. The number of aliphatic hydroxyl groups excluding tert-OH is 1. The molecule has 2 aromatic carbocycles. The molecule has 3 aliphatic rings. The molecule has 0 spiro atoms. The summed E-state index contributed by atoms with van der Waals surface area (Å²) >= 11 is 0. The van der Waals surface area contributed by atoms with E-state index in [0.717, 1.165) is 35.9 Å². The van der Waals surface area contributed by atoms with Crippen molar-refractivity contribution in [3.8, 4) is 28.4 Å². The van der Waals surface area contributed by atoms with Crippen molar-refractivity contribution in [1.82, 2.24) is 4.90 Å². The lowest BCUT2D eigenvalue weighted by atomic mass is 9.81. The van der Waals surface area contributed by atoms with Gasteiger partial charge in [0.25, 0.3) is 0 Å². The number of halogens is 3. The van der Waals surface area contributed by atoms with Crippen LogP contribution in [0.15, 0.2) is 47.7 Å². The van der Waals surface area contributed by atoms with Crippen LogP contribution in [0.4, 0.5) is 13.2 Å². The van der Waals surface area contributed by atoms with Gasteiger partial charge in [-0.1, -0.05) is 12.1 Å². The minimum absolute atomic E-state index is 0.0624. The molecule has 0 aliphatic carbocycles. The smallest absolute Gasteiger partial charge is 0.416 e. The monoisotopic (exact) mass is 563 g/mol. The number of ether oxygens (including phenoxy) is 5. The highest BCUT2D eigenvalue weighted by atomic mass is 19.4. The highest BCUT2D eigenvalue weighted by molar-refractivity contribution is 5.92. The molecule has 0 saturated carbocycles. The van der Waals surface area contributed by atoms with Gasteiger partial charge in [0.2, 0.25) is 12.5 Å². The Morgan fingerprint density at radius 1 is 1.12 bits per heavy atom. The molecule has 8 nitrogen and oxygen atoms in total. The van der Waals surface area contributed by atoms with Gasteiger partial charge in [-0.2, -0.15) is 13.2 Å². The molecule has 40 heavy (non-hydrogen) atoms. The second kappa shape index (κ2) is 11.8. The number of fused-ring (bicyclic) bond motifs is 2. The highest BCUT2D eigenvalue weighted by Gasteiger charge is 2.45. The normalized spacial score (nSPS) is 20.3. The molecule has 0 aromatic heterocycles. The van der Waals surface area contributed by atoms with Crippen molar-refractivity contribution in [2.75, 3.05) is 41.2 Å². The number of cyclic esters (lactones) is 1. The molecule has 0 radical (unpaired) electrons. The van der Waals surface area contributed by atoms with E-state index in [1.165, 1.54) is 25.5 Å². The molecule has 0 bridgehead atoms. The summed E-state index contributed by atoms with van der Waals surface area (Å²) in [7, 11) is 4.47. The Morgan fingerprint density at radius 2 is 1.80 bits per heavy atom. The largest absolute Gasteiger partial charge is 0.505 e. The second-order valence-electron chi connectivity index (χ2n) is 9.46. The summed E-state index contributed by atoms with van der Waals surface area (Å²) in [6, 6.07) is 4.60. The Hall–Kier alpha value is -3.70. The Labute approximate surface area is 230 Å². The molecule has 1 N–H and O–H groups in total. The van der Waals surface area contributed by atoms with Crippen LogP contribution in [0.2, 0.25) is 0 Å². The van der Waals surface area contributed by atoms with Gasteiger partial charge >= 0.3 is 12.1 Å². The van der Waals surface area contributed by atoms with Crippen LogP contribution in [0.25, 0.3) is 11.1 Å². The molecule has 2 aromatic rings. The number of hydrogen-bond donors (Lipinski definition) is 1. The van der Waals surface area contributed by atoms with Crippen molar-refractivity contribution in [3.63, 3.8) is 0 Å². The number of alkyl halides is 3. The van der Waals surface area contributed by atoms with Crippen LogP contribution in [0, 0.1) is 0 Å². The van der Waals surface area contributed by atoms with E-state index in [-0.39, 0.29) is 19.4 Å². The third-order valence-corrected chi connectivity index (χ3v) is 7.31. The zero-order valence-electron chi connectivity index (χ0n) is 22.9. The molecule has 3 aliphatic heterocycles. The maximum Gasteiger partial charge on any atom is 0.416 e. The first-order chi connectivity index (χ1) is 19.1. The maximum absolute atomic E-state index is 13.3. The summed E-state index contributed by atoms with van der Waals surface area (Å²) in [5, 5.41) is 7.00. The molecule has 2 unspecified atom stereocenters. The van der Waals surface area contributed by atoms with Gasteiger partial charge in [0.15, 0.2) is 11.5 Å². The highest BCUT2D eigenvalue weighted by Crippen LogP contribution is 2.57. The van der Waals surface area contributed by atoms with Gasteiger partial charge in [-0.05, 0) is 62.2 Å². The van der Waals surface area contributed by atoms with E-state index in [1.54, 1.807) is 13.0 Å². The lowest BCUT2D eigenvalue weighted by molar-refractivity contribution is -0.142. The van der Waals surface area contributed by atoms with E-state index in [2.05, 4.69) is 4.90 Å². The minimum Gasteiger partial charge on any atom is -0.505 e. The van der Waals surface area contributed by atoms with Crippen molar-refractivity contribution in [1.29, 1.82) is 0 Å². The Kier molecular flexibility index (Phi) is 8.65. The van der Waals surface area contributed by atoms with Crippen LogP contribution in [0.1, 0.15) is 36.6 Å².